The molecule has 0 heterocycles. The van der Waals surface area contributed by atoms with Gasteiger partial charge >= 0.3 is 0 Å². The molecule has 236 valence electrons. The molecule has 0 amide bonds. The van der Waals surface area contributed by atoms with Crippen LogP contribution in [0.3, 0.4) is 0 Å². The van der Waals surface area contributed by atoms with Crippen LogP contribution < -0.4 is 21.2 Å². The summed E-state index contributed by atoms with van der Waals surface area (Å²) in [5.41, 5.74) is 5.00. The van der Waals surface area contributed by atoms with Crippen LogP contribution in [-0.4, -0.2) is 0 Å². The van der Waals surface area contributed by atoms with E-state index in [1.807, 2.05) is 72.8 Å². The third kappa shape index (κ3) is 9.22. The summed E-state index contributed by atoms with van der Waals surface area (Å²) in [7, 11) is -4.33. The highest BCUT2D eigenvalue weighted by Gasteiger charge is 2.23. The van der Waals surface area contributed by atoms with Crippen LogP contribution in [0.5, 0.6) is 0 Å². The van der Waals surface area contributed by atoms with Crippen molar-refractivity contribution >= 4 is 60.1 Å². The summed E-state index contributed by atoms with van der Waals surface area (Å²) in [5.74, 6) is 0. The summed E-state index contributed by atoms with van der Waals surface area (Å²) in [6, 6.07) is 58.3. The molecular formula is C40H42Cl2N2P2. The monoisotopic (exact) mass is 682 g/mol. The average molecular weight is 684 g/mol. The molecule has 2 N–H and O–H groups in total. The van der Waals surface area contributed by atoms with Crippen LogP contribution in [-0.2, 0) is 12.3 Å². The molecule has 6 aromatic rings. The molecule has 6 aromatic carbocycles. The van der Waals surface area contributed by atoms with Crippen LogP contribution in [0.25, 0.3) is 0 Å². The van der Waals surface area contributed by atoms with Gasteiger partial charge in [0.25, 0.3) is 0 Å². The molecule has 46 heavy (non-hydrogen) atoms. The minimum absolute atomic E-state index is 0. The Labute approximate surface area is 287 Å². The van der Waals surface area contributed by atoms with Crippen molar-refractivity contribution in [2.24, 2.45) is 0 Å². The topological polar surface area (TPSA) is 47.7 Å². The SMILES string of the molecule is Cc1cccc(CP(=N)(c2ccccc2)c2ccccc2)c1.Cc1cccc(CP(=N)(c2ccccc2)c2ccccc2)c1.Cl.Cl. The maximum absolute atomic E-state index is 9.32. The Hall–Kier alpha value is -3.64. The average Bonchev–Trinajstić information content (AvgIpc) is 3.07. The van der Waals surface area contributed by atoms with E-state index in [9.17, 15) is 10.3 Å². The van der Waals surface area contributed by atoms with Crippen LogP contribution in [0.2, 0.25) is 0 Å². The van der Waals surface area contributed by atoms with Crippen LogP contribution in [0.4, 0.5) is 0 Å². The van der Waals surface area contributed by atoms with Crippen molar-refractivity contribution in [3.05, 3.63) is 192 Å². The van der Waals surface area contributed by atoms with Gasteiger partial charge in [0.15, 0.2) is 0 Å². The first kappa shape index (κ1) is 36.8. The molecule has 0 aliphatic heterocycles. The molecule has 0 aliphatic carbocycles. The molecular weight excluding hydrogens is 641 g/mol. The van der Waals surface area contributed by atoms with Crippen molar-refractivity contribution in [1.82, 2.24) is 0 Å². The maximum atomic E-state index is 9.32. The molecule has 0 spiro atoms. The van der Waals surface area contributed by atoms with E-state index < -0.39 is 14.1 Å². The lowest BCUT2D eigenvalue weighted by atomic mass is 10.2. The van der Waals surface area contributed by atoms with Gasteiger partial charge in [0, 0.05) is 26.4 Å². The van der Waals surface area contributed by atoms with E-state index in [4.69, 9.17) is 0 Å². The zero-order chi connectivity index (χ0) is 30.8. The molecule has 0 unspecified atom stereocenters. The normalized spacial score (nSPS) is 10.8. The summed E-state index contributed by atoms with van der Waals surface area (Å²) in [6.45, 7) is 4.22. The molecule has 6 rings (SSSR count). The van der Waals surface area contributed by atoms with Gasteiger partial charge in [0.1, 0.15) is 0 Å². The van der Waals surface area contributed by atoms with Gasteiger partial charge in [0.05, 0.1) is 0 Å². The van der Waals surface area contributed by atoms with Crippen LogP contribution in [0, 0.1) is 24.2 Å². The molecule has 0 saturated heterocycles. The first-order chi connectivity index (χ1) is 21.4. The fraction of sp³-hybridized carbons (Fsp3) is 0.100. The highest BCUT2D eigenvalue weighted by Crippen LogP contribution is 2.48. The van der Waals surface area contributed by atoms with Gasteiger partial charge < -0.3 is 10.3 Å². The molecule has 6 heteroatoms. The third-order valence-electron chi connectivity index (χ3n) is 7.79. The Kier molecular flexibility index (Phi) is 13.9. The molecule has 0 aromatic heterocycles. The number of aryl methyl sites for hydroxylation is 2. The molecule has 0 fully saturated rings. The first-order valence-electron chi connectivity index (χ1n) is 15.0. The Morgan fingerprint density at radius 2 is 0.630 bits per heavy atom. The van der Waals surface area contributed by atoms with E-state index in [0.717, 1.165) is 33.5 Å². The van der Waals surface area contributed by atoms with Crippen LogP contribution >= 0.6 is 38.9 Å². The second-order valence-corrected chi connectivity index (χ2v) is 17.2. The number of hydrogen-bond acceptors (Lipinski definition) is 2. The van der Waals surface area contributed by atoms with E-state index in [0.29, 0.717) is 0 Å². The summed E-state index contributed by atoms with van der Waals surface area (Å²) in [4.78, 5) is 0. The molecule has 0 aliphatic rings. The largest absolute Gasteiger partial charge is 0.309 e. The van der Waals surface area contributed by atoms with Crippen molar-refractivity contribution in [3.8, 4) is 0 Å². The Bertz CT molecular complexity index is 1650. The second kappa shape index (κ2) is 17.3. The lowest BCUT2D eigenvalue weighted by molar-refractivity contribution is 1.33. The highest BCUT2D eigenvalue weighted by atomic mass is 35.5. The highest BCUT2D eigenvalue weighted by molar-refractivity contribution is 7.79. The number of rotatable bonds is 8. The van der Waals surface area contributed by atoms with Crippen molar-refractivity contribution in [2.75, 3.05) is 0 Å². The Balaban J connectivity index is 0.000000240. The molecule has 2 nitrogen and oxygen atoms in total. The van der Waals surface area contributed by atoms with Crippen molar-refractivity contribution in [1.29, 1.82) is 10.3 Å². The lowest BCUT2D eigenvalue weighted by Gasteiger charge is -2.24. The number of benzene rings is 6. The van der Waals surface area contributed by atoms with Crippen LogP contribution in [0.15, 0.2) is 170 Å². The van der Waals surface area contributed by atoms with E-state index >= 15 is 0 Å². The Morgan fingerprint density at radius 1 is 0.370 bits per heavy atom. The number of hydrogen-bond donors (Lipinski definition) is 2. The summed E-state index contributed by atoms with van der Waals surface area (Å²) in [6.07, 6.45) is 1.56. The van der Waals surface area contributed by atoms with E-state index in [-0.39, 0.29) is 24.8 Å². The van der Waals surface area contributed by atoms with Crippen molar-refractivity contribution < 1.29 is 0 Å². The standard InChI is InChI=1S/2C20H20NP.2ClH/c2*1-17-9-8-10-18(15-17)16-22(21,19-11-4-2-5-12-19)20-13-6-3-7-14-20;;/h2*2-15,21H,16H2,1H3;2*1H. The zero-order valence-corrected chi connectivity index (χ0v) is 29.7. The van der Waals surface area contributed by atoms with Gasteiger partial charge in [-0.05, 0) is 46.2 Å². The predicted molar refractivity (Wildman–Crippen MR) is 208 cm³/mol. The quantitative estimate of drug-likeness (QED) is 0.150. The third-order valence-corrected chi connectivity index (χ3v) is 14.2. The first-order valence-corrected chi connectivity index (χ1v) is 18.9. The second-order valence-electron chi connectivity index (χ2n) is 11.3. The van der Waals surface area contributed by atoms with E-state index in [1.165, 1.54) is 22.3 Å². The summed E-state index contributed by atoms with van der Waals surface area (Å²) >= 11 is 0. The molecule has 0 radical (unpaired) electrons. The van der Waals surface area contributed by atoms with Crippen molar-refractivity contribution in [2.45, 2.75) is 26.2 Å². The predicted octanol–water partition coefficient (Wildman–Crippen LogP) is 10.7. The van der Waals surface area contributed by atoms with Gasteiger partial charge in [-0.25, -0.2) is 0 Å². The molecule has 0 atom stereocenters. The van der Waals surface area contributed by atoms with Gasteiger partial charge in [-0.3, -0.25) is 0 Å². The minimum atomic E-state index is -2.17. The minimum Gasteiger partial charge on any atom is -0.309 e. The molecule has 0 saturated carbocycles. The van der Waals surface area contributed by atoms with Crippen LogP contribution in [0.1, 0.15) is 22.3 Å². The van der Waals surface area contributed by atoms with E-state index in [1.54, 1.807) is 0 Å². The maximum Gasteiger partial charge on any atom is 0.0279 e. The Morgan fingerprint density at radius 3 is 0.870 bits per heavy atom. The van der Waals surface area contributed by atoms with Crippen molar-refractivity contribution in [3.63, 3.8) is 0 Å². The lowest BCUT2D eigenvalue weighted by Crippen LogP contribution is -2.17. The van der Waals surface area contributed by atoms with Gasteiger partial charge in [-0.15, -0.1) is 24.8 Å². The smallest absolute Gasteiger partial charge is 0.0279 e. The number of halogens is 2. The van der Waals surface area contributed by atoms with Gasteiger partial charge in [-0.2, -0.15) is 0 Å². The van der Waals surface area contributed by atoms with Gasteiger partial charge in [0.2, 0.25) is 0 Å². The zero-order valence-electron chi connectivity index (χ0n) is 26.3. The van der Waals surface area contributed by atoms with E-state index in [2.05, 4.69) is 111 Å². The molecule has 0 bridgehead atoms. The fourth-order valence-electron chi connectivity index (χ4n) is 5.56. The number of nitrogens with one attached hydrogen (secondary N) is 2. The fourth-order valence-corrected chi connectivity index (χ4v) is 11.1. The van der Waals surface area contributed by atoms with Gasteiger partial charge in [-0.1, -0.05) is 181 Å². The summed E-state index contributed by atoms with van der Waals surface area (Å²) < 4.78 is 0. The summed E-state index contributed by atoms with van der Waals surface area (Å²) in [5, 5.41) is 23.2.